The van der Waals surface area contributed by atoms with Gasteiger partial charge in [0.25, 0.3) is 0 Å². The first kappa shape index (κ1) is 16.6. The minimum Gasteiger partial charge on any atom is -0.329 e. The molecule has 0 saturated carbocycles. The zero-order valence-electron chi connectivity index (χ0n) is 11.9. The molecule has 20 heavy (non-hydrogen) atoms. The van der Waals surface area contributed by atoms with E-state index in [0.29, 0.717) is 11.1 Å². The first-order chi connectivity index (χ1) is 9.44. The Hall–Kier alpha value is -1.42. The van der Waals surface area contributed by atoms with Crippen LogP contribution < -0.4 is 10.5 Å². The summed E-state index contributed by atoms with van der Waals surface area (Å²) in [7, 11) is -3.59. The van der Waals surface area contributed by atoms with Crippen LogP contribution in [0.3, 0.4) is 0 Å². The summed E-state index contributed by atoms with van der Waals surface area (Å²) in [5.41, 5.74) is 6.73. The van der Waals surface area contributed by atoms with E-state index >= 15 is 0 Å². The number of sulfonamides is 1. The highest BCUT2D eigenvalue weighted by Gasteiger charge is 2.19. The Kier molecular flexibility index (Phi) is 6.14. The minimum atomic E-state index is -3.59. The molecule has 1 atom stereocenters. The summed E-state index contributed by atoms with van der Waals surface area (Å²) in [5, 5.41) is 8.86. The number of unbranched alkanes of at least 4 members (excludes halogenated alkanes) is 1. The number of nitriles is 1. The van der Waals surface area contributed by atoms with Crippen molar-refractivity contribution in [3.05, 3.63) is 29.3 Å². The second-order valence-electron chi connectivity index (χ2n) is 4.78. The van der Waals surface area contributed by atoms with Crippen LogP contribution in [-0.2, 0) is 10.0 Å². The maximum Gasteiger partial charge on any atom is 0.240 e. The Balaban J connectivity index is 2.93. The minimum absolute atomic E-state index is 0.170. The van der Waals surface area contributed by atoms with E-state index in [1.807, 2.05) is 13.0 Å². The molecule has 6 heteroatoms. The van der Waals surface area contributed by atoms with E-state index in [1.165, 1.54) is 18.2 Å². The number of nitrogens with one attached hydrogen (secondary N) is 1. The third kappa shape index (κ3) is 4.30. The van der Waals surface area contributed by atoms with Gasteiger partial charge in [0.1, 0.15) is 0 Å². The molecule has 0 aliphatic carbocycles. The lowest BCUT2D eigenvalue weighted by Crippen LogP contribution is -2.40. The van der Waals surface area contributed by atoms with Crippen LogP contribution in [0.5, 0.6) is 0 Å². The predicted octanol–water partition coefficient (Wildman–Crippen LogP) is 1.66. The number of rotatable bonds is 7. The molecule has 1 aromatic rings. The predicted molar refractivity (Wildman–Crippen MR) is 78.6 cm³/mol. The van der Waals surface area contributed by atoms with Crippen molar-refractivity contribution in [1.29, 1.82) is 5.26 Å². The van der Waals surface area contributed by atoms with Crippen LogP contribution in [0.2, 0.25) is 0 Å². The van der Waals surface area contributed by atoms with Gasteiger partial charge in [0.2, 0.25) is 10.0 Å². The third-order valence-corrected chi connectivity index (χ3v) is 4.66. The standard InChI is InChI=1S/C14H21N3O2S/c1-3-4-5-13(10-16)17-20(18,19)14-7-6-12(9-15)11(2)8-14/h6-8,13,17H,3-5,10,16H2,1-2H3. The molecule has 1 rings (SSSR count). The van der Waals surface area contributed by atoms with Crippen LogP contribution in [0, 0.1) is 18.3 Å². The van der Waals surface area contributed by atoms with Gasteiger partial charge in [0.15, 0.2) is 0 Å². The van der Waals surface area contributed by atoms with Crippen molar-refractivity contribution in [3.63, 3.8) is 0 Å². The molecular formula is C14H21N3O2S. The Morgan fingerprint density at radius 3 is 2.65 bits per heavy atom. The summed E-state index contributed by atoms with van der Waals surface area (Å²) in [4.78, 5) is 0.170. The van der Waals surface area contributed by atoms with Crippen LogP contribution in [0.1, 0.15) is 37.3 Å². The van der Waals surface area contributed by atoms with Crippen molar-refractivity contribution in [3.8, 4) is 6.07 Å². The van der Waals surface area contributed by atoms with Gasteiger partial charge >= 0.3 is 0 Å². The van der Waals surface area contributed by atoms with Gasteiger partial charge < -0.3 is 5.73 Å². The molecule has 5 nitrogen and oxygen atoms in total. The lowest BCUT2D eigenvalue weighted by atomic mass is 10.1. The maximum atomic E-state index is 12.3. The average molecular weight is 295 g/mol. The third-order valence-electron chi connectivity index (χ3n) is 3.14. The van der Waals surface area contributed by atoms with Gasteiger partial charge in [0.05, 0.1) is 16.5 Å². The van der Waals surface area contributed by atoms with Gasteiger partial charge in [-0.05, 0) is 37.1 Å². The zero-order chi connectivity index (χ0) is 15.2. The Bertz CT molecular complexity index is 591. The topological polar surface area (TPSA) is 96.0 Å². The number of benzene rings is 1. The molecule has 1 aromatic carbocycles. The summed E-state index contributed by atoms with van der Waals surface area (Å²) in [5.74, 6) is 0. The van der Waals surface area contributed by atoms with Crippen molar-refractivity contribution in [2.24, 2.45) is 5.73 Å². The van der Waals surface area contributed by atoms with Gasteiger partial charge in [-0.25, -0.2) is 13.1 Å². The normalized spacial score (nSPS) is 12.9. The molecule has 0 saturated heterocycles. The molecule has 0 amide bonds. The second kappa shape index (κ2) is 7.39. The smallest absolute Gasteiger partial charge is 0.240 e. The number of nitrogens with zero attached hydrogens (tertiary/aromatic N) is 1. The van der Waals surface area contributed by atoms with E-state index < -0.39 is 10.0 Å². The molecule has 0 radical (unpaired) electrons. The van der Waals surface area contributed by atoms with Crippen molar-refractivity contribution >= 4 is 10.0 Å². The number of nitrogens with two attached hydrogens (primary N) is 1. The van der Waals surface area contributed by atoms with Gasteiger partial charge in [-0.15, -0.1) is 0 Å². The summed E-state index contributed by atoms with van der Waals surface area (Å²) >= 11 is 0. The van der Waals surface area contributed by atoms with E-state index in [2.05, 4.69) is 4.72 Å². The lowest BCUT2D eigenvalue weighted by Gasteiger charge is -2.17. The molecule has 0 aliphatic rings. The molecular weight excluding hydrogens is 274 g/mol. The van der Waals surface area contributed by atoms with Crippen LogP contribution in [0.4, 0.5) is 0 Å². The second-order valence-corrected chi connectivity index (χ2v) is 6.50. The van der Waals surface area contributed by atoms with Gasteiger partial charge in [-0.2, -0.15) is 5.26 Å². The zero-order valence-corrected chi connectivity index (χ0v) is 12.7. The molecule has 0 spiro atoms. The summed E-state index contributed by atoms with van der Waals surface area (Å²) in [6.45, 7) is 4.04. The van der Waals surface area contributed by atoms with Crippen molar-refractivity contribution in [2.45, 2.75) is 44.0 Å². The fraction of sp³-hybridized carbons (Fsp3) is 0.500. The highest BCUT2D eigenvalue weighted by Crippen LogP contribution is 2.15. The van der Waals surface area contributed by atoms with Crippen LogP contribution in [0.25, 0.3) is 0 Å². The lowest BCUT2D eigenvalue weighted by molar-refractivity contribution is 0.516. The summed E-state index contributed by atoms with van der Waals surface area (Å²) in [6, 6.07) is 6.24. The van der Waals surface area contributed by atoms with Crippen LogP contribution in [-0.4, -0.2) is 21.0 Å². The molecule has 0 heterocycles. The molecule has 0 fully saturated rings. The molecule has 1 unspecified atom stereocenters. The Labute approximate surface area is 120 Å². The van der Waals surface area contributed by atoms with E-state index in [-0.39, 0.29) is 17.5 Å². The summed E-state index contributed by atoms with van der Waals surface area (Å²) < 4.78 is 27.2. The van der Waals surface area contributed by atoms with E-state index in [1.54, 1.807) is 6.92 Å². The van der Waals surface area contributed by atoms with Crippen molar-refractivity contribution in [2.75, 3.05) is 6.54 Å². The number of hydrogen-bond acceptors (Lipinski definition) is 4. The number of hydrogen-bond donors (Lipinski definition) is 2. The molecule has 0 aliphatic heterocycles. The van der Waals surface area contributed by atoms with Crippen LogP contribution in [0.15, 0.2) is 23.1 Å². The first-order valence-corrected chi connectivity index (χ1v) is 8.16. The van der Waals surface area contributed by atoms with E-state index in [4.69, 9.17) is 11.0 Å². The fourth-order valence-corrected chi connectivity index (χ4v) is 3.26. The Morgan fingerprint density at radius 1 is 1.45 bits per heavy atom. The maximum absolute atomic E-state index is 12.3. The summed E-state index contributed by atoms with van der Waals surface area (Å²) in [6.07, 6.45) is 2.65. The quantitative estimate of drug-likeness (QED) is 0.799. The fourth-order valence-electron chi connectivity index (χ4n) is 1.89. The highest BCUT2D eigenvalue weighted by molar-refractivity contribution is 7.89. The molecule has 0 aromatic heterocycles. The first-order valence-electron chi connectivity index (χ1n) is 6.67. The molecule has 110 valence electrons. The van der Waals surface area contributed by atoms with E-state index in [0.717, 1.165) is 19.3 Å². The average Bonchev–Trinajstić information content (AvgIpc) is 2.43. The monoisotopic (exact) mass is 295 g/mol. The largest absolute Gasteiger partial charge is 0.329 e. The Morgan fingerprint density at radius 2 is 2.15 bits per heavy atom. The number of aryl methyl sites for hydroxylation is 1. The van der Waals surface area contributed by atoms with Gasteiger partial charge in [-0.3, -0.25) is 0 Å². The van der Waals surface area contributed by atoms with E-state index in [9.17, 15) is 8.42 Å². The molecule has 3 N–H and O–H groups in total. The SMILES string of the molecule is CCCCC(CN)NS(=O)(=O)c1ccc(C#N)c(C)c1. The molecule has 0 bridgehead atoms. The van der Waals surface area contributed by atoms with Gasteiger partial charge in [-0.1, -0.05) is 19.8 Å². The van der Waals surface area contributed by atoms with Gasteiger partial charge in [0, 0.05) is 12.6 Å². The van der Waals surface area contributed by atoms with Crippen LogP contribution >= 0.6 is 0 Å². The van der Waals surface area contributed by atoms with Crippen molar-refractivity contribution in [1.82, 2.24) is 4.72 Å². The highest BCUT2D eigenvalue weighted by atomic mass is 32.2. The van der Waals surface area contributed by atoms with Crippen molar-refractivity contribution < 1.29 is 8.42 Å².